The smallest absolute Gasteiger partial charge is 0.330 e. The average Bonchev–Trinajstić information content (AvgIpc) is 2.51. The van der Waals surface area contributed by atoms with Crippen LogP contribution in [-0.4, -0.2) is 37.9 Å². The van der Waals surface area contributed by atoms with Gasteiger partial charge in [0.05, 0.1) is 13.2 Å². The van der Waals surface area contributed by atoms with Gasteiger partial charge in [0.1, 0.15) is 6.61 Å². The van der Waals surface area contributed by atoms with Crippen LogP contribution < -0.4 is 0 Å². The van der Waals surface area contributed by atoms with Crippen molar-refractivity contribution >= 4 is 18.0 Å². The molecule has 0 saturated carbocycles. The molecule has 0 aliphatic rings. The van der Waals surface area contributed by atoms with E-state index in [2.05, 4.69) is 6.58 Å². The predicted molar refractivity (Wildman–Crippen MR) is 83.0 cm³/mol. The van der Waals surface area contributed by atoms with E-state index in [1.165, 1.54) is 13.0 Å². The van der Waals surface area contributed by atoms with Gasteiger partial charge in [0.25, 0.3) is 0 Å². The van der Waals surface area contributed by atoms with Crippen molar-refractivity contribution in [3.8, 4) is 0 Å². The molecule has 0 N–H and O–H groups in total. The summed E-state index contributed by atoms with van der Waals surface area (Å²) in [4.78, 5) is 22.6. The zero-order chi connectivity index (χ0) is 16.2. The molecule has 0 aliphatic heterocycles. The molecule has 0 heterocycles. The van der Waals surface area contributed by atoms with Gasteiger partial charge in [0, 0.05) is 13.0 Å². The van der Waals surface area contributed by atoms with Crippen molar-refractivity contribution in [1.29, 1.82) is 0 Å². The van der Waals surface area contributed by atoms with Crippen LogP contribution in [0.4, 0.5) is 0 Å². The lowest BCUT2D eigenvalue weighted by molar-refractivity contribution is -0.158. The van der Waals surface area contributed by atoms with Gasteiger partial charge in [-0.3, -0.25) is 4.79 Å². The number of hydrogen-bond acceptors (Lipinski definition) is 5. The minimum absolute atomic E-state index is 0.0608. The fourth-order valence-corrected chi connectivity index (χ4v) is 1.59. The van der Waals surface area contributed by atoms with Crippen LogP contribution in [0, 0.1) is 0 Å². The molecule has 1 rings (SSSR count). The highest BCUT2D eigenvalue weighted by Crippen LogP contribution is 2.02. The van der Waals surface area contributed by atoms with Crippen LogP contribution in [0.25, 0.3) is 6.08 Å². The number of benzene rings is 1. The highest BCUT2D eigenvalue weighted by atomic mass is 16.6. The summed E-state index contributed by atoms with van der Waals surface area (Å²) >= 11 is 0. The second-order valence-electron chi connectivity index (χ2n) is 4.43. The Balaban J connectivity index is 2.41. The summed E-state index contributed by atoms with van der Waals surface area (Å²) in [6.07, 6.45) is 3.92. The molecule has 0 spiro atoms. The van der Waals surface area contributed by atoms with Crippen LogP contribution in [0.2, 0.25) is 0 Å². The normalized spacial score (nSPS) is 11.9. The third-order valence-corrected chi connectivity index (χ3v) is 2.49. The van der Waals surface area contributed by atoms with E-state index in [1.54, 1.807) is 12.2 Å². The minimum Gasteiger partial charge on any atom is -0.458 e. The molecule has 0 aromatic heterocycles. The lowest BCUT2D eigenvalue weighted by Gasteiger charge is -2.16. The van der Waals surface area contributed by atoms with Crippen molar-refractivity contribution in [2.24, 2.45) is 0 Å². The minimum atomic E-state index is -0.633. The summed E-state index contributed by atoms with van der Waals surface area (Å²) in [5, 5.41) is 0. The Morgan fingerprint density at radius 2 is 1.95 bits per heavy atom. The number of rotatable bonds is 9. The van der Waals surface area contributed by atoms with E-state index in [1.807, 2.05) is 30.3 Å². The van der Waals surface area contributed by atoms with Crippen molar-refractivity contribution < 1.29 is 23.8 Å². The molecule has 0 radical (unpaired) electrons. The summed E-state index contributed by atoms with van der Waals surface area (Å²) in [6.45, 7) is 5.22. The molecule has 118 valence electrons. The van der Waals surface area contributed by atoms with Gasteiger partial charge < -0.3 is 14.2 Å². The van der Waals surface area contributed by atoms with Gasteiger partial charge in [-0.2, -0.15) is 0 Å². The zero-order valence-corrected chi connectivity index (χ0v) is 12.6. The third-order valence-electron chi connectivity index (χ3n) is 2.49. The molecule has 0 saturated heterocycles. The standard InChI is InChI=1S/C17H20O5/c1-3-11-20-12-16(22-14(2)18)13-21-17(19)10-9-15-7-5-4-6-8-15/h3-10,16H,1,11-13H2,2H3/b10-9+. The molecule has 0 bridgehead atoms. The Morgan fingerprint density at radius 3 is 2.59 bits per heavy atom. The molecule has 0 fully saturated rings. The van der Waals surface area contributed by atoms with Crippen molar-refractivity contribution in [1.82, 2.24) is 0 Å². The molecular weight excluding hydrogens is 284 g/mol. The van der Waals surface area contributed by atoms with Gasteiger partial charge in [0.2, 0.25) is 0 Å². The Labute approximate surface area is 130 Å². The number of carbonyl (C=O) groups excluding carboxylic acids is 2. The topological polar surface area (TPSA) is 61.8 Å². The molecule has 22 heavy (non-hydrogen) atoms. The highest BCUT2D eigenvalue weighted by molar-refractivity contribution is 5.87. The molecule has 1 atom stereocenters. The predicted octanol–water partition coefficient (Wildman–Crippen LogP) is 2.38. The van der Waals surface area contributed by atoms with E-state index in [9.17, 15) is 9.59 Å². The second-order valence-corrected chi connectivity index (χ2v) is 4.43. The van der Waals surface area contributed by atoms with Gasteiger partial charge in [-0.05, 0) is 11.6 Å². The number of ether oxygens (including phenoxy) is 3. The van der Waals surface area contributed by atoms with Crippen molar-refractivity contribution in [2.45, 2.75) is 13.0 Å². The van der Waals surface area contributed by atoms with E-state index in [4.69, 9.17) is 14.2 Å². The monoisotopic (exact) mass is 304 g/mol. The Morgan fingerprint density at radius 1 is 1.23 bits per heavy atom. The summed E-state index contributed by atoms with van der Waals surface area (Å²) in [6, 6.07) is 9.38. The molecule has 5 nitrogen and oxygen atoms in total. The first-order valence-corrected chi connectivity index (χ1v) is 6.87. The zero-order valence-electron chi connectivity index (χ0n) is 12.6. The first-order valence-electron chi connectivity index (χ1n) is 6.87. The van der Waals surface area contributed by atoms with Crippen LogP contribution in [0.15, 0.2) is 49.1 Å². The Kier molecular flexibility index (Phi) is 8.30. The van der Waals surface area contributed by atoms with E-state index in [0.29, 0.717) is 6.61 Å². The SMILES string of the molecule is C=CCOCC(COC(=O)/C=C/c1ccccc1)OC(C)=O. The maximum Gasteiger partial charge on any atom is 0.330 e. The molecule has 1 aromatic carbocycles. The first-order chi connectivity index (χ1) is 10.6. The Hall–Kier alpha value is -2.40. The van der Waals surface area contributed by atoms with Gasteiger partial charge >= 0.3 is 11.9 Å². The lowest BCUT2D eigenvalue weighted by Crippen LogP contribution is -2.28. The summed E-state index contributed by atoms with van der Waals surface area (Å²) in [7, 11) is 0. The van der Waals surface area contributed by atoms with Crippen LogP contribution in [0.3, 0.4) is 0 Å². The third kappa shape index (κ3) is 8.01. The fourth-order valence-electron chi connectivity index (χ4n) is 1.59. The molecule has 1 aromatic rings. The fraction of sp³-hybridized carbons (Fsp3) is 0.294. The largest absolute Gasteiger partial charge is 0.458 e. The summed E-state index contributed by atoms with van der Waals surface area (Å²) in [5.41, 5.74) is 0.894. The summed E-state index contributed by atoms with van der Waals surface area (Å²) < 4.78 is 15.3. The molecule has 0 aliphatic carbocycles. The van der Waals surface area contributed by atoms with Crippen LogP contribution in [0.1, 0.15) is 12.5 Å². The second kappa shape index (κ2) is 10.3. The van der Waals surface area contributed by atoms with Crippen molar-refractivity contribution in [2.75, 3.05) is 19.8 Å². The molecule has 5 heteroatoms. The van der Waals surface area contributed by atoms with Crippen molar-refractivity contribution in [3.05, 3.63) is 54.6 Å². The van der Waals surface area contributed by atoms with E-state index in [0.717, 1.165) is 5.56 Å². The maximum absolute atomic E-state index is 11.6. The quantitative estimate of drug-likeness (QED) is 0.303. The summed E-state index contributed by atoms with van der Waals surface area (Å²) in [5.74, 6) is -0.965. The van der Waals surface area contributed by atoms with Gasteiger partial charge in [-0.25, -0.2) is 4.79 Å². The van der Waals surface area contributed by atoms with Gasteiger partial charge in [-0.1, -0.05) is 36.4 Å². The van der Waals surface area contributed by atoms with Gasteiger partial charge in [-0.15, -0.1) is 6.58 Å². The van der Waals surface area contributed by atoms with Crippen LogP contribution in [0.5, 0.6) is 0 Å². The maximum atomic E-state index is 11.6. The first kappa shape index (κ1) is 17.7. The lowest BCUT2D eigenvalue weighted by atomic mass is 10.2. The van der Waals surface area contributed by atoms with E-state index < -0.39 is 18.0 Å². The highest BCUT2D eigenvalue weighted by Gasteiger charge is 2.14. The number of hydrogen-bond donors (Lipinski definition) is 0. The molecular formula is C17H20O5. The van der Waals surface area contributed by atoms with Crippen LogP contribution in [-0.2, 0) is 23.8 Å². The number of esters is 2. The van der Waals surface area contributed by atoms with E-state index in [-0.39, 0.29) is 13.2 Å². The average molecular weight is 304 g/mol. The van der Waals surface area contributed by atoms with Crippen LogP contribution >= 0.6 is 0 Å². The van der Waals surface area contributed by atoms with Crippen molar-refractivity contribution in [3.63, 3.8) is 0 Å². The van der Waals surface area contributed by atoms with E-state index >= 15 is 0 Å². The number of carbonyl (C=O) groups is 2. The molecule has 0 amide bonds. The Bertz CT molecular complexity index is 507. The van der Waals surface area contributed by atoms with Gasteiger partial charge in [0.15, 0.2) is 6.10 Å². The molecule has 1 unspecified atom stereocenters.